The van der Waals surface area contributed by atoms with Gasteiger partial charge in [-0.1, -0.05) is 19.9 Å². The second-order valence-electron chi connectivity index (χ2n) is 11.2. The summed E-state index contributed by atoms with van der Waals surface area (Å²) in [6.45, 7) is 6.63. The van der Waals surface area contributed by atoms with Crippen LogP contribution in [-0.2, 0) is 20.8 Å². The van der Waals surface area contributed by atoms with Gasteiger partial charge in [0.25, 0.3) is 0 Å². The molecule has 0 heterocycles. The fraction of sp³-hybridized carbons (Fsp3) is 0.353. The van der Waals surface area contributed by atoms with Crippen molar-refractivity contribution in [3.8, 4) is 28.4 Å². The van der Waals surface area contributed by atoms with E-state index >= 15 is 0 Å². The molecule has 2 atom stereocenters. The number of rotatable bonds is 10. The monoisotopic (exact) mass is 616 g/mol. The fourth-order valence-electron chi connectivity index (χ4n) is 5.59. The Kier molecular flexibility index (Phi) is 10.3. The third-order valence-corrected chi connectivity index (χ3v) is 7.65. The Labute approximate surface area is 262 Å². The molecule has 2 unspecified atom stereocenters. The van der Waals surface area contributed by atoms with Gasteiger partial charge < -0.3 is 35.5 Å². The number of carbonyl (C=O) groups excluding carboxylic acids is 3. The molecule has 0 fully saturated rings. The number of ether oxygens (including phenoxy) is 3. The van der Waals surface area contributed by atoms with Crippen LogP contribution in [0, 0.1) is 5.92 Å². The van der Waals surface area contributed by atoms with E-state index in [1.807, 2.05) is 26.0 Å². The van der Waals surface area contributed by atoms with Gasteiger partial charge in [-0.15, -0.1) is 0 Å². The van der Waals surface area contributed by atoms with Crippen molar-refractivity contribution in [3.63, 3.8) is 0 Å². The predicted octanol–water partition coefficient (Wildman–Crippen LogP) is 4.90. The Morgan fingerprint density at radius 2 is 1.47 bits per heavy atom. The molecule has 3 amide bonds. The zero-order chi connectivity index (χ0) is 32.8. The third kappa shape index (κ3) is 7.36. The third-order valence-electron chi connectivity index (χ3n) is 7.65. The highest BCUT2D eigenvalue weighted by molar-refractivity contribution is 5.97. The summed E-state index contributed by atoms with van der Waals surface area (Å²) in [5.41, 5.74) is 3.99. The predicted molar refractivity (Wildman–Crippen MR) is 174 cm³/mol. The van der Waals surface area contributed by atoms with Crippen LogP contribution in [0.3, 0.4) is 0 Å². The van der Waals surface area contributed by atoms with Crippen LogP contribution in [0.2, 0.25) is 0 Å². The van der Waals surface area contributed by atoms with Crippen molar-refractivity contribution in [2.45, 2.75) is 52.6 Å². The second kappa shape index (κ2) is 14.1. The number of anilines is 3. The lowest BCUT2D eigenvalue weighted by molar-refractivity contribution is -0.120. The number of fused-ring (bicyclic) bond motifs is 3. The number of nitrogens with one attached hydrogen (secondary N) is 4. The van der Waals surface area contributed by atoms with E-state index < -0.39 is 12.1 Å². The number of hydrogen-bond acceptors (Lipinski definition) is 8. The van der Waals surface area contributed by atoms with E-state index in [9.17, 15) is 19.2 Å². The summed E-state index contributed by atoms with van der Waals surface area (Å²) in [7, 11) is 4.63. The highest BCUT2D eigenvalue weighted by atomic mass is 16.5. The summed E-state index contributed by atoms with van der Waals surface area (Å²) in [6.07, 6.45) is 1.11. The van der Waals surface area contributed by atoms with Gasteiger partial charge >= 0.3 is 0 Å². The fourth-order valence-corrected chi connectivity index (χ4v) is 5.59. The molecule has 0 bridgehead atoms. The van der Waals surface area contributed by atoms with E-state index in [1.54, 1.807) is 44.6 Å². The van der Waals surface area contributed by atoms with Gasteiger partial charge in [0, 0.05) is 30.8 Å². The lowest BCUT2D eigenvalue weighted by atomic mass is 9.95. The highest BCUT2D eigenvalue weighted by Crippen LogP contribution is 2.50. The number of carbonyl (C=O) groups is 3. The van der Waals surface area contributed by atoms with Crippen molar-refractivity contribution in [1.29, 1.82) is 0 Å². The van der Waals surface area contributed by atoms with Crippen LogP contribution in [0.15, 0.2) is 53.3 Å². The SMILES string of the molecule is COc1cc2c(c(OC)c1OC)-c1ccc(NC(C(=O)Nc3ccc(NC(C)=O)cc3)C(C)C)c(=O)cc1C(NC(C)=O)CC2. The number of hydrogen-bond donors (Lipinski definition) is 4. The number of benzene rings is 2. The first-order chi connectivity index (χ1) is 21.5. The molecule has 1 aliphatic carbocycles. The summed E-state index contributed by atoms with van der Waals surface area (Å²) in [4.78, 5) is 50.8. The second-order valence-corrected chi connectivity index (χ2v) is 11.2. The lowest BCUT2D eigenvalue weighted by Gasteiger charge is -2.22. The molecule has 0 radical (unpaired) electrons. The summed E-state index contributed by atoms with van der Waals surface area (Å²) < 4.78 is 17.1. The molecule has 3 aromatic carbocycles. The van der Waals surface area contributed by atoms with Gasteiger partial charge in [0.15, 0.2) is 11.5 Å². The molecule has 0 aliphatic heterocycles. The smallest absolute Gasteiger partial charge is 0.247 e. The first-order valence-corrected chi connectivity index (χ1v) is 14.7. The first-order valence-electron chi connectivity index (χ1n) is 14.7. The Morgan fingerprint density at radius 3 is 2.02 bits per heavy atom. The van der Waals surface area contributed by atoms with Crippen LogP contribution in [0.25, 0.3) is 11.1 Å². The Morgan fingerprint density at radius 1 is 0.822 bits per heavy atom. The van der Waals surface area contributed by atoms with E-state index in [-0.39, 0.29) is 34.8 Å². The number of aryl methyl sites for hydroxylation is 1. The maximum atomic E-state index is 13.8. The van der Waals surface area contributed by atoms with Gasteiger partial charge in [-0.25, -0.2) is 0 Å². The summed E-state index contributed by atoms with van der Waals surface area (Å²) in [5, 5.41) is 11.7. The van der Waals surface area contributed by atoms with E-state index in [1.165, 1.54) is 27.0 Å². The zero-order valence-electron chi connectivity index (χ0n) is 26.6. The van der Waals surface area contributed by atoms with Crippen molar-refractivity contribution in [2.24, 2.45) is 5.92 Å². The molecular formula is C34H40N4O7. The van der Waals surface area contributed by atoms with Crippen LogP contribution in [0.1, 0.15) is 51.3 Å². The van der Waals surface area contributed by atoms with Gasteiger partial charge in [-0.05, 0) is 77.9 Å². The molecule has 45 heavy (non-hydrogen) atoms. The van der Waals surface area contributed by atoms with Gasteiger partial charge in [0.05, 0.1) is 33.1 Å². The van der Waals surface area contributed by atoms with E-state index in [2.05, 4.69) is 21.3 Å². The number of methoxy groups -OCH3 is 3. The molecule has 0 spiro atoms. The molecule has 11 nitrogen and oxygen atoms in total. The van der Waals surface area contributed by atoms with Crippen molar-refractivity contribution in [1.82, 2.24) is 5.32 Å². The quantitative estimate of drug-likeness (QED) is 0.252. The number of amides is 3. The van der Waals surface area contributed by atoms with Crippen LogP contribution in [-0.4, -0.2) is 45.1 Å². The standard InChI is InChI=1S/C34H40N4O7/c1-18(2)31(34(42)37-23-11-9-22(10-12-23)35-19(3)39)38-27-15-13-24-25(17-28(27)41)26(36-20(4)40)14-8-21-16-29(43-5)32(44-6)33(45-7)30(21)24/h9-13,15-18,26,31H,8,14H2,1-7H3,(H,35,39)(H,36,40)(H,37,42)(H,38,41). The average molecular weight is 617 g/mol. The topological polar surface area (TPSA) is 144 Å². The summed E-state index contributed by atoms with van der Waals surface area (Å²) >= 11 is 0. The normalized spacial score (nSPS) is 14.2. The molecule has 238 valence electrons. The minimum atomic E-state index is -0.757. The largest absolute Gasteiger partial charge is 0.493 e. The van der Waals surface area contributed by atoms with Gasteiger partial charge in [0.2, 0.25) is 28.9 Å². The Balaban J connectivity index is 1.78. The van der Waals surface area contributed by atoms with E-state index in [0.29, 0.717) is 52.6 Å². The molecule has 0 saturated carbocycles. The van der Waals surface area contributed by atoms with Crippen LogP contribution in [0.4, 0.5) is 17.1 Å². The molecule has 4 rings (SSSR count). The summed E-state index contributed by atoms with van der Waals surface area (Å²) in [5.74, 6) is 0.445. The molecule has 11 heteroatoms. The minimum Gasteiger partial charge on any atom is -0.493 e. The van der Waals surface area contributed by atoms with E-state index in [4.69, 9.17) is 14.2 Å². The molecule has 4 N–H and O–H groups in total. The van der Waals surface area contributed by atoms with Crippen molar-refractivity contribution < 1.29 is 28.6 Å². The molecular weight excluding hydrogens is 576 g/mol. The molecule has 0 saturated heterocycles. The van der Waals surface area contributed by atoms with Gasteiger partial charge in [-0.3, -0.25) is 19.2 Å². The van der Waals surface area contributed by atoms with Crippen LogP contribution >= 0.6 is 0 Å². The van der Waals surface area contributed by atoms with Gasteiger partial charge in [0.1, 0.15) is 6.04 Å². The maximum Gasteiger partial charge on any atom is 0.247 e. The van der Waals surface area contributed by atoms with Crippen molar-refractivity contribution >= 4 is 34.8 Å². The summed E-state index contributed by atoms with van der Waals surface area (Å²) in [6, 6.07) is 12.4. The Bertz CT molecular complexity index is 1650. The molecule has 1 aliphatic rings. The van der Waals surface area contributed by atoms with E-state index in [0.717, 1.165) is 11.1 Å². The van der Waals surface area contributed by atoms with Crippen molar-refractivity contribution in [2.75, 3.05) is 37.3 Å². The Hall–Kier alpha value is -5.06. The zero-order valence-corrected chi connectivity index (χ0v) is 26.6. The molecule has 3 aromatic rings. The minimum absolute atomic E-state index is 0.184. The maximum absolute atomic E-state index is 13.8. The lowest BCUT2D eigenvalue weighted by Crippen LogP contribution is -2.39. The van der Waals surface area contributed by atoms with Crippen LogP contribution in [0.5, 0.6) is 17.2 Å². The van der Waals surface area contributed by atoms with Crippen LogP contribution < -0.4 is 40.9 Å². The first kappa shape index (κ1) is 32.8. The highest BCUT2D eigenvalue weighted by Gasteiger charge is 2.30. The van der Waals surface area contributed by atoms with Gasteiger partial charge in [-0.2, -0.15) is 0 Å². The average Bonchev–Trinajstić information content (AvgIpc) is 3.23. The van der Waals surface area contributed by atoms with Crippen molar-refractivity contribution in [3.05, 3.63) is 69.9 Å². The molecule has 0 aromatic heterocycles.